The predicted molar refractivity (Wildman–Crippen MR) is 71.5 cm³/mol. The Labute approximate surface area is 113 Å². The van der Waals surface area contributed by atoms with E-state index in [0.29, 0.717) is 6.42 Å². The van der Waals surface area contributed by atoms with Crippen LogP contribution in [0.2, 0.25) is 0 Å². The van der Waals surface area contributed by atoms with Crippen LogP contribution in [0.15, 0.2) is 30.3 Å². The van der Waals surface area contributed by atoms with Crippen LogP contribution in [0.3, 0.4) is 0 Å². The summed E-state index contributed by atoms with van der Waals surface area (Å²) in [5.74, 6) is -0.395. The second kappa shape index (κ2) is 7.88. The molecule has 19 heavy (non-hydrogen) atoms. The van der Waals surface area contributed by atoms with E-state index in [4.69, 9.17) is 4.84 Å². The van der Waals surface area contributed by atoms with Gasteiger partial charge in [-0.1, -0.05) is 42.1 Å². The second-order valence-electron chi connectivity index (χ2n) is 3.88. The van der Waals surface area contributed by atoms with Crippen LogP contribution in [0.5, 0.6) is 0 Å². The molecule has 106 valence electrons. The fraction of sp³-hybridized carbons (Fsp3) is 0.417. The van der Waals surface area contributed by atoms with Gasteiger partial charge in [-0.05, 0) is 5.56 Å². The monoisotopic (exact) mass is 286 g/mol. The lowest BCUT2D eigenvalue weighted by Gasteiger charge is -2.07. The largest absolute Gasteiger partial charge is 0.355 e. The van der Waals surface area contributed by atoms with Crippen LogP contribution in [0.25, 0.3) is 0 Å². The first kappa shape index (κ1) is 15.6. The number of hydrogen-bond donors (Lipinski definition) is 2. The molecule has 0 aliphatic carbocycles. The number of nitrogens with one attached hydrogen (secondary N) is 2. The van der Waals surface area contributed by atoms with Crippen molar-refractivity contribution < 1.29 is 18.0 Å². The number of carbonyl (C=O) groups is 1. The van der Waals surface area contributed by atoms with E-state index in [0.717, 1.165) is 5.56 Å². The zero-order chi connectivity index (χ0) is 14.1. The van der Waals surface area contributed by atoms with Crippen molar-refractivity contribution in [2.45, 2.75) is 20.0 Å². The third kappa shape index (κ3) is 6.90. The molecule has 1 amide bonds. The predicted octanol–water partition coefficient (Wildman–Crippen LogP) is 0.564. The van der Waals surface area contributed by atoms with Gasteiger partial charge in [-0.3, -0.25) is 9.63 Å². The molecule has 0 unspecified atom stereocenters. The first-order valence-corrected chi connectivity index (χ1v) is 7.60. The Kier molecular flexibility index (Phi) is 6.48. The zero-order valence-corrected chi connectivity index (χ0v) is 11.6. The Morgan fingerprint density at radius 2 is 1.95 bits per heavy atom. The van der Waals surface area contributed by atoms with E-state index in [-0.39, 0.29) is 24.8 Å². The van der Waals surface area contributed by atoms with Crippen LogP contribution in [-0.2, 0) is 26.3 Å². The molecular formula is C12H18N2O4S. The highest BCUT2D eigenvalue weighted by atomic mass is 32.2. The minimum absolute atomic E-state index is 0.0662. The van der Waals surface area contributed by atoms with Gasteiger partial charge in [0.1, 0.15) is 0 Å². The highest BCUT2D eigenvalue weighted by molar-refractivity contribution is 7.89. The van der Waals surface area contributed by atoms with Crippen LogP contribution >= 0.6 is 0 Å². The van der Waals surface area contributed by atoms with Crippen molar-refractivity contribution in [3.8, 4) is 0 Å². The maximum atomic E-state index is 11.5. The van der Waals surface area contributed by atoms with Crippen LogP contribution < -0.4 is 10.2 Å². The molecule has 0 saturated carbocycles. The Morgan fingerprint density at radius 3 is 2.58 bits per heavy atom. The van der Waals surface area contributed by atoms with Crippen molar-refractivity contribution in [2.24, 2.45) is 0 Å². The van der Waals surface area contributed by atoms with Crippen molar-refractivity contribution in [2.75, 3.05) is 12.3 Å². The average molecular weight is 286 g/mol. The molecule has 0 bridgehead atoms. The molecule has 6 nitrogen and oxygen atoms in total. The molecule has 0 atom stereocenters. The number of rotatable bonds is 8. The summed E-state index contributed by atoms with van der Waals surface area (Å²) in [4.78, 5) is 17.9. The third-order valence-corrected chi connectivity index (χ3v) is 3.39. The van der Waals surface area contributed by atoms with Gasteiger partial charge in [0.05, 0.1) is 12.4 Å². The van der Waals surface area contributed by atoms with Gasteiger partial charge in [-0.15, -0.1) is 0 Å². The summed E-state index contributed by atoms with van der Waals surface area (Å²) < 4.78 is 23.0. The van der Waals surface area contributed by atoms with Gasteiger partial charge in [0.2, 0.25) is 15.9 Å². The zero-order valence-electron chi connectivity index (χ0n) is 10.8. The van der Waals surface area contributed by atoms with Gasteiger partial charge in [0.25, 0.3) is 0 Å². The number of benzene rings is 1. The smallest absolute Gasteiger partial charge is 0.235 e. The van der Waals surface area contributed by atoms with Crippen LogP contribution in [0, 0.1) is 0 Å². The van der Waals surface area contributed by atoms with E-state index in [1.807, 2.05) is 35.2 Å². The number of hydrogen-bond acceptors (Lipinski definition) is 4. The van der Waals surface area contributed by atoms with E-state index in [9.17, 15) is 13.2 Å². The van der Waals surface area contributed by atoms with Crippen molar-refractivity contribution in [3.05, 3.63) is 35.9 Å². The van der Waals surface area contributed by atoms with Crippen molar-refractivity contribution in [3.63, 3.8) is 0 Å². The molecule has 1 aromatic rings. The molecule has 1 aromatic carbocycles. The number of amides is 1. The molecule has 1 rings (SSSR count). The first-order valence-electron chi connectivity index (χ1n) is 5.95. The molecule has 0 spiro atoms. The summed E-state index contributed by atoms with van der Waals surface area (Å²) >= 11 is 0. The maximum Gasteiger partial charge on any atom is 0.235 e. The highest BCUT2D eigenvalue weighted by Crippen LogP contribution is 1.99. The topological polar surface area (TPSA) is 84.5 Å². The lowest BCUT2D eigenvalue weighted by molar-refractivity contribution is -0.120. The molecule has 0 aliphatic heterocycles. The van der Waals surface area contributed by atoms with Gasteiger partial charge in [-0.25, -0.2) is 8.42 Å². The molecule has 7 heteroatoms. The third-order valence-electron chi connectivity index (χ3n) is 2.28. The Bertz CT molecular complexity index is 488. The van der Waals surface area contributed by atoms with Crippen LogP contribution in [-0.4, -0.2) is 26.6 Å². The number of sulfonamides is 1. The molecule has 0 fully saturated rings. The average Bonchev–Trinajstić information content (AvgIpc) is 2.39. The molecule has 0 saturated heterocycles. The summed E-state index contributed by atoms with van der Waals surface area (Å²) in [6.45, 7) is 1.92. The lowest BCUT2D eigenvalue weighted by atomic mass is 10.2. The normalized spacial score (nSPS) is 11.2. The fourth-order valence-electron chi connectivity index (χ4n) is 1.27. The summed E-state index contributed by atoms with van der Waals surface area (Å²) in [6, 6.07) is 9.20. The summed E-state index contributed by atoms with van der Waals surface area (Å²) in [5.41, 5.74) is 0.865. The van der Waals surface area contributed by atoms with E-state index in [1.165, 1.54) is 0 Å². The van der Waals surface area contributed by atoms with E-state index in [1.54, 1.807) is 6.92 Å². The lowest BCUT2D eigenvalue weighted by Crippen LogP contribution is -2.34. The van der Waals surface area contributed by atoms with Crippen molar-refractivity contribution in [1.82, 2.24) is 10.2 Å². The molecule has 2 N–H and O–H groups in total. The molecular weight excluding hydrogens is 268 g/mol. The van der Waals surface area contributed by atoms with E-state index < -0.39 is 10.0 Å². The van der Waals surface area contributed by atoms with Crippen LogP contribution in [0.1, 0.15) is 18.9 Å². The van der Waals surface area contributed by atoms with Crippen molar-refractivity contribution >= 4 is 15.9 Å². The number of carbonyl (C=O) groups excluding carboxylic acids is 1. The first-order chi connectivity index (χ1) is 9.03. The van der Waals surface area contributed by atoms with E-state index >= 15 is 0 Å². The summed E-state index contributed by atoms with van der Waals surface area (Å²) in [7, 11) is -3.54. The minimum Gasteiger partial charge on any atom is -0.355 e. The molecule has 0 heterocycles. The summed E-state index contributed by atoms with van der Waals surface area (Å²) in [6.07, 6.45) is 0.331. The Hall–Kier alpha value is -1.44. The van der Waals surface area contributed by atoms with Crippen molar-refractivity contribution in [1.29, 1.82) is 0 Å². The van der Waals surface area contributed by atoms with E-state index in [2.05, 4.69) is 5.32 Å². The molecule has 0 radical (unpaired) electrons. The Morgan fingerprint density at radius 1 is 1.26 bits per heavy atom. The van der Waals surface area contributed by atoms with Gasteiger partial charge >= 0.3 is 0 Å². The second-order valence-corrected chi connectivity index (χ2v) is 5.68. The minimum atomic E-state index is -3.54. The van der Waals surface area contributed by atoms with Gasteiger partial charge in [0.15, 0.2) is 0 Å². The molecule has 0 aliphatic rings. The Balaban J connectivity index is 2.25. The standard InChI is InChI=1S/C12H18N2O4S/c1-2-12(15)13-8-9-19(16,17)14-18-10-11-6-4-3-5-7-11/h3-7,14H,2,8-10H2,1H3,(H,13,15). The SMILES string of the molecule is CCC(=O)NCCS(=O)(=O)NOCc1ccccc1. The quantitative estimate of drug-likeness (QED) is 0.684. The summed E-state index contributed by atoms with van der Waals surface area (Å²) in [5, 5.41) is 2.48. The van der Waals surface area contributed by atoms with Crippen LogP contribution in [0.4, 0.5) is 0 Å². The van der Waals surface area contributed by atoms with Gasteiger partial charge < -0.3 is 5.32 Å². The fourth-order valence-corrected chi connectivity index (χ4v) is 1.96. The molecule has 0 aromatic heterocycles. The van der Waals surface area contributed by atoms with Gasteiger partial charge in [0, 0.05) is 13.0 Å². The van der Waals surface area contributed by atoms with Gasteiger partial charge in [-0.2, -0.15) is 0 Å². The maximum absolute atomic E-state index is 11.5. The highest BCUT2D eigenvalue weighted by Gasteiger charge is 2.10.